The third-order valence-corrected chi connectivity index (χ3v) is 3.51. The first kappa shape index (κ1) is 17.3. The highest BCUT2D eigenvalue weighted by atomic mass is 19.4. The van der Waals surface area contributed by atoms with Crippen LogP contribution in [0.1, 0.15) is 5.56 Å². The zero-order valence-electron chi connectivity index (χ0n) is 12.5. The number of fused-ring (bicyclic) bond motifs is 1. The molecule has 0 fully saturated rings. The van der Waals surface area contributed by atoms with Crippen molar-refractivity contribution < 1.29 is 31.1 Å². The molecule has 1 unspecified atom stereocenters. The zero-order valence-corrected chi connectivity index (χ0v) is 12.5. The minimum atomic E-state index is -4.56. The van der Waals surface area contributed by atoms with Crippen LogP contribution in [0.15, 0.2) is 41.7 Å². The number of aromatic nitrogens is 1. The van der Waals surface area contributed by atoms with Gasteiger partial charge in [-0.2, -0.15) is 26.3 Å². The third kappa shape index (κ3) is 3.94. The molecule has 2 aliphatic heterocycles. The van der Waals surface area contributed by atoms with Crippen LogP contribution in [0.2, 0.25) is 0 Å². The maximum absolute atomic E-state index is 12.9. The Labute approximate surface area is 138 Å². The van der Waals surface area contributed by atoms with Gasteiger partial charge in [-0.05, 0) is 11.6 Å². The molecule has 1 aromatic heterocycles. The van der Waals surface area contributed by atoms with Gasteiger partial charge in [0.05, 0.1) is 12.6 Å². The highest BCUT2D eigenvalue weighted by Gasteiger charge is 2.44. The van der Waals surface area contributed by atoms with Crippen molar-refractivity contribution in [1.29, 1.82) is 0 Å². The fourth-order valence-electron chi connectivity index (χ4n) is 2.42. The highest BCUT2D eigenvalue weighted by Crippen LogP contribution is 2.31. The second-order valence-corrected chi connectivity index (χ2v) is 5.37. The predicted octanol–water partition coefficient (Wildman–Crippen LogP) is 3.58. The van der Waals surface area contributed by atoms with Gasteiger partial charge in [-0.25, -0.2) is 4.98 Å². The van der Waals surface area contributed by atoms with E-state index in [1.54, 1.807) is 12.2 Å². The molecule has 3 rings (SSSR count). The van der Waals surface area contributed by atoms with Crippen molar-refractivity contribution in [2.45, 2.75) is 18.4 Å². The van der Waals surface area contributed by atoms with E-state index >= 15 is 0 Å². The molecule has 134 valence electrons. The van der Waals surface area contributed by atoms with Gasteiger partial charge >= 0.3 is 12.4 Å². The van der Waals surface area contributed by atoms with E-state index in [9.17, 15) is 26.3 Å². The van der Waals surface area contributed by atoms with E-state index in [4.69, 9.17) is 0 Å². The molecule has 0 amide bonds. The number of nitrogens with zero attached hydrogens (tertiary/aromatic N) is 3. The Bertz CT molecular complexity index is 733. The molecule has 1 aromatic rings. The number of alkyl halides is 6. The van der Waals surface area contributed by atoms with Crippen LogP contribution < -0.4 is 4.74 Å². The van der Waals surface area contributed by atoms with Gasteiger partial charge in [0, 0.05) is 24.0 Å². The van der Waals surface area contributed by atoms with Crippen molar-refractivity contribution in [2.24, 2.45) is 4.99 Å². The number of hydrogen-bond donors (Lipinski definition) is 0. The maximum Gasteiger partial charge on any atom is 0.449 e. The van der Waals surface area contributed by atoms with E-state index in [0.29, 0.717) is 11.1 Å². The molecule has 0 saturated heterocycles. The molecule has 1 atom stereocenters. The van der Waals surface area contributed by atoms with E-state index in [2.05, 4.69) is 14.7 Å². The number of amidine groups is 1. The molecule has 25 heavy (non-hydrogen) atoms. The summed E-state index contributed by atoms with van der Waals surface area (Å²) in [5, 5.41) is 0. The van der Waals surface area contributed by atoms with Gasteiger partial charge < -0.3 is 9.64 Å². The molecule has 0 aromatic carbocycles. The van der Waals surface area contributed by atoms with Crippen molar-refractivity contribution in [1.82, 2.24) is 9.88 Å². The molecule has 0 bridgehead atoms. The fourth-order valence-corrected chi connectivity index (χ4v) is 2.42. The molecule has 0 N–H and O–H groups in total. The van der Waals surface area contributed by atoms with Gasteiger partial charge in [0.25, 0.3) is 0 Å². The molecular formula is C15H11F6N3O. The van der Waals surface area contributed by atoms with Crippen LogP contribution in [-0.4, -0.2) is 47.3 Å². The lowest BCUT2D eigenvalue weighted by Gasteiger charge is -2.27. The van der Waals surface area contributed by atoms with Crippen molar-refractivity contribution >= 4 is 11.4 Å². The van der Waals surface area contributed by atoms with Crippen LogP contribution in [0.5, 0.6) is 5.88 Å². The van der Waals surface area contributed by atoms with E-state index in [1.807, 2.05) is 0 Å². The zero-order chi connectivity index (χ0) is 18.2. The summed E-state index contributed by atoms with van der Waals surface area (Å²) >= 11 is 0. The van der Waals surface area contributed by atoms with Crippen LogP contribution in [0.3, 0.4) is 0 Å². The molecule has 0 saturated carbocycles. The average Bonchev–Trinajstić information content (AvgIpc) is 2.96. The molecule has 0 radical (unpaired) electrons. The summed E-state index contributed by atoms with van der Waals surface area (Å²) in [6.07, 6.45) is -3.28. The van der Waals surface area contributed by atoms with Gasteiger partial charge in [0.2, 0.25) is 11.7 Å². The van der Waals surface area contributed by atoms with Crippen molar-refractivity contribution in [2.75, 3.05) is 13.2 Å². The highest BCUT2D eigenvalue weighted by molar-refractivity contribution is 5.93. The molecule has 0 spiro atoms. The largest absolute Gasteiger partial charge is 0.468 e. The Balaban J connectivity index is 1.76. The van der Waals surface area contributed by atoms with Crippen molar-refractivity contribution in [3.8, 4) is 5.88 Å². The second-order valence-electron chi connectivity index (χ2n) is 5.37. The SMILES string of the molecule is FC(F)(F)COc1ccc(C2=CN3C(C(F)(F)F)=NCC3C=C2)cn1. The Kier molecular flexibility index (Phi) is 4.21. The summed E-state index contributed by atoms with van der Waals surface area (Å²) in [6.45, 7) is -1.46. The number of hydrogen-bond acceptors (Lipinski definition) is 4. The summed E-state index contributed by atoms with van der Waals surface area (Å²) in [5.41, 5.74) is 0.882. The van der Waals surface area contributed by atoms with Crippen LogP contribution in [0, 0.1) is 0 Å². The number of aliphatic imine (C=N–C) groups is 1. The number of rotatable bonds is 3. The van der Waals surface area contributed by atoms with Crippen LogP contribution in [-0.2, 0) is 0 Å². The Hall–Kier alpha value is -2.52. The lowest BCUT2D eigenvalue weighted by Crippen LogP contribution is -2.40. The summed E-state index contributed by atoms with van der Waals surface area (Å²) in [6, 6.07) is 2.16. The van der Waals surface area contributed by atoms with Gasteiger partial charge in [-0.3, -0.25) is 4.99 Å². The maximum atomic E-state index is 12.9. The number of halogens is 6. The average molecular weight is 363 g/mol. The Morgan fingerprint density at radius 3 is 2.52 bits per heavy atom. The first-order chi connectivity index (χ1) is 11.6. The fraction of sp³-hybridized carbons (Fsp3) is 0.333. The molecule has 2 aliphatic rings. The quantitative estimate of drug-likeness (QED) is 0.771. The van der Waals surface area contributed by atoms with Crippen LogP contribution in [0.4, 0.5) is 26.3 Å². The standard InChI is InChI=1S/C15H11F6N3O/c16-14(17,18)8-25-12-4-2-9(5-22-12)10-1-3-11-6-23-13(15(19,20)21)24(11)7-10/h1-5,7,11H,6,8H2. The molecule has 0 aliphatic carbocycles. The normalized spacial score (nSPS) is 20.2. The first-order valence-corrected chi connectivity index (χ1v) is 7.09. The lowest BCUT2D eigenvalue weighted by molar-refractivity contribution is -0.154. The third-order valence-electron chi connectivity index (χ3n) is 3.51. The second kappa shape index (κ2) is 6.08. The Morgan fingerprint density at radius 1 is 1.16 bits per heavy atom. The lowest BCUT2D eigenvalue weighted by atomic mass is 10.0. The molecule has 4 nitrogen and oxygen atoms in total. The van der Waals surface area contributed by atoms with Gasteiger partial charge in [-0.15, -0.1) is 0 Å². The smallest absolute Gasteiger partial charge is 0.449 e. The predicted molar refractivity (Wildman–Crippen MR) is 76.9 cm³/mol. The molecular weight excluding hydrogens is 352 g/mol. The topological polar surface area (TPSA) is 37.7 Å². The number of pyridine rings is 1. The summed E-state index contributed by atoms with van der Waals surface area (Å²) in [7, 11) is 0. The molecule has 3 heterocycles. The van der Waals surface area contributed by atoms with Crippen molar-refractivity contribution in [3.05, 3.63) is 42.2 Å². The van der Waals surface area contributed by atoms with Crippen LogP contribution in [0.25, 0.3) is 5.57 Å². The summed E-state index contributed by atoms with van der Waals surface area (Å²) in [5.74, 6) is -1.20. The summed E-state index contributed by atoms with van der Waals surface area (Å²) in [4.78, 5) is 8.29. The first-order valence-electron chi connectivity index (χ1n) is 7.09. The minimum Gasteiger partial charge on any atom is -0.468 e. The van der Waals surface area contributed by atoms with E-state index in [0.717, 1.165) is 4.90 Å². The summed E-state index contributed by atoms with van der Waals surface area (Å²) < 4.78 is 79.6. The van der Waals surface area contributed by atoms with Crippen molar-refractivity contribution in [3.63, 3.8) is 0 Å². The van der Waals surface area contributed by atoms with Gasteiger partial charge in [0.1, 0.15) is 0 Å². The number of allylic oxidation sites excluding steroid dienone is 2. The van der Waals surface area contributed by atoms with E-state index < -0.39 is 30.8 Å². The van der Waals surface area contributed by atoms with Gasteiger partial charge in [-0.1, -0.05) is 12.2 Å². The van der Waals surface area contributed by atoms with E-state index in [1.165, 1.54) is 24.5 Å². The Morgan fingerprint density at radius 2 is 1.92 bits per heavy atom. The molecule has 10 heteroatoms. The van der Waals surface area contributed by atoms with Crippen LogP contribution >= 0.6 is 0 Å². The van der Waals surface area contributed by atoms with E-state index in [-0.39, 0.29) is 12.4 Å². The number of ether oxygens (including phenoxy) is 1. The monoisotopic (exact) mass is 363 g/mol. The minimum absolute atomic E-state index is 0.0115. The van der Waals surface area contributed by atoms with Gasteiger partial charge in [0.15, 0.2) is 6.61 Å².